The van der Waals surface area contributed by atoms with Gasteiger partial charge in [0.1, 0.15) is 5.82 Å². The van der Waals surface area contributed by atoms with Crippen LogP contribution in [0.2, 0.25) is 0 Å². The zero-order valence-corrected chi connectivity index (χ0v) is 17.1. The Labute approximate surface area is 165 Å². The molecule has 1 fully saturated rings. The molecule has 0 radical (unpaired) electrons. The second-order valence-electron chi connectivity index (χ2n) is 7.53. The van der Waals surface area contributed by atoms with E-state index in [1.807, 2.05) is 18.7 Å². The summed E-state index contributed by atoms with van der Waals surface area (Å²) < 4.78 is 2.18. The monoisotopic (exact) mass is 394 g/mol. The number of thioether (sulfide) groups is 1. The Morgan fingerprint density at radius 1 is 1.07 bits per heavy atom. The molecule has 0 aromatic carbocycles. The predicted octanol–water partition coefficient (Wildman–Crippen LogP) is 0.765. The molecule has 3 rings (SSSR count). The van der Waals surface area contributed by atoms with Gasteiger partial charge in [-0.2, -0.15) is 0 Å². The summed E-state index contributed by atoms with van der Waals surface area (Å²) in [5.74, 6) is 1.63. The van der Waals surface area contributed by atoms with E-state index in [1.54, 1.807) is 0 Å². The van der Waals surface area contributed by atoms with Crippen LogP contribution >= 0.6 is 11.8 Å². The van der Waals surface area contributed by atoms with Crippen molar-refractivity contribution in [1.82, 2.24) is 29.9 Å². The van der Waals surface area contributed by atoms with E-state index in [9.17, 15) is 9.59 Å². The summed E-state index contributed by atoms with van der Waals surface area (Å²) in [6.45, 7) is 8.10. The molecule has 0 atom stereocenters. The molecule has 1 aromatic heterocycles. The number of aryl methyl sites for hydroxylation is 1. The van der Waals surface area contributed by atoms with Gasteiger partial charge in [0.15, 0.2) is 5.16 Å². The standard InChI is InChI=1S/C18H30N6O2S/c1-14(2)19-16(25)12-22-8-10-23(11-9-22)17(26)13-27-18-21-20-15-6-4-3-5-7-24(15)18/h14H,3-13H2,1-2H3,(H,19,25). The Morgan fingerprint density at radius 2 is 1.85 bits per heavy atom. The molecule has 1 aromatic rings. The number of amides is 2. The minimum atomic E-state index is 0.0489. The van der Waals surface area contributed by atoms with Crippen molar-refractivity contribution in [2.75, 3.05) is 38.5 Å². The van der Waals surface area contributed by atoms with Gasteiger partial charge < -0.3 is 14.8 Å². The van der Waals surface area contributed by atoms with Crippen molar-refractivity contribution < 1.29 is 9.59 Å². The van der Waals surface area contributed by atoms with E-state index in [0.717, 1.165) is 43.5 Å². The number of nitrogens with one attached hydrogen (secondary N) is 1. The van der Waals surface area contributed by atoms with Gasteiger partial charge in [-0.25, -0.2) is 0 Å². The topological polar surface area (TPSA) is 83.4 Å². The van der Waals surface area contributed by atoms with Gasteiger partial charge >= 0.3 is 0 Å². The second kappa shape index (κ2) is 9.54. The van der Waals surface area contributed by atoms with Crippen LogP contribution in [-0.2, 0) is 22.6 Å². The van der Waals surface area contributed by atoms with Gasteiger partial charge in [0.25, 0.3) is 0 Å². The third-order valence-corrected chi connectivity index (χ3v) is 5.89. The fourth-order valence-corrected chi connectivity index (χ4v) is 4.39. The Morgan fingerprint density at radius 3 is 2.59 bits per heavy atom. The van der Waals surface area contributed by atoms with Crippen molar-refractivity contribution >= 4 is 23.6 Å². The number of hydrogen-bond acceptors (Lipinski definition) is 6. The second-order valence-corrected chi connectivity index (χ2v) is 8.47. The molecule has 1 saturated heterocycles. The molecule has 0 bridgehead atoms. The smallest absolute Gasteiger partial charge is 0.234 e. The molecule has 8 nitrogen and oxygen atoms in total. The van der Waals surface area contributed by atoms with Gasteiger partial charge in [-0.3, -0.25) is 14.5 Å². The quantitative estimate of drug-likeness (QED) is 0.718. The molecule has 0 aliphatic carbocycles. The minimum absolute atomic E-state index is 0.0489. The Balaban J connectivity index is 1.42. The van der Waals surface area contributed by atoms with Gasteiger partial charge in [0.2, 0.25) is 11.8 Å². The molecular formula is C18H30N6O2S. The average Bonchev–Trinajstić information content (AvgIpc) is 2.86. The normalized spacial score (nSPS) is 18.3. The SMILES string of the molecule is CC(C)NC(=O)CN1CCN(C(=O)CSc2nnc3n2CCCCC3)CC1. The maximum atomic E-state index is 12.6. The highest BCUT2D eigenvalue weighted by atomic mass is 32.2. The number of fused-ring (bicyclic) bond motifs is 1. The fraction of sp³-hybridized carbons (Fsp3) is 0.778. The van der Waals surface area contributed by atoms with Crippen molar-refractivity contribution in [3.05, 3.63) is 5.82 Å². The van der Waals surface area contributed by atoms with Crippen LogP contribution < -0.4 is 5.32 Å². The zero-order valence-electron chi connectivity index (χ0n) is 16.3. The first-order chi connectivity index (χ1) is 13.0. The third-order valence-electron chi connectivity index (χ3n) is 4.94. The van der Waals surface area contributed by atoms with E-state index in [2.05, 4.69) is 25.0 Å². The summed E-state index contributed by atoms with van der Waals surface area (Å²) in [4.78, 5) is 28.4. The van der Waals surface area contributed by atoms with Crippen molar-refractivity contribution in [2.24, 2.45) is 0 Å². The van der Waals surface area contributed by atoms with E-state index >= 15 is 0 Å². The van der Waals surface area contributed by atoms with Gasteiger partial charge in [-0.1, -0.05) is 18.2 Å². The molecule has 2 amide bonds. The van der Waals surface area contributed by atoms with Gasteiger partial charge in [-0.15, -0.1) is 10.2 Å². The Hall–Kier alpha value is -1.61. The highest BCUT2D eigenvalue weighted by Gasteiger charge is 2.23. The lowest BCUT2D eigenvalue weighted by Gasteiger charge is -2.34. The molecule has 3 heterocycles. The lowest BCUT2D eigenvalue weighted by Crippen LogP contribution is -2.52. The van der Waals surface area contributed by atoms with E-state index in [0.29, 0.717) is 25.4 Å². The Kier molecular flexibility index (Phi) is 7.12. The number of carbonyl (C=O) groups excluding carboxylic acids is 2. The molecular weight excluding hydrogens is 364 g/mol. The van der Waals surface area contributed by atoms with Crippen molar-refractivity contribution in [1.29, 1.82) is 0 Å². The van der Waals surface area contributed by atoms with E-state index < -0.39 is 0 Å². The number of nitrogens with zero attached hydrogens (tertiary/aromatic N) is 5. The lowest BCUT2D eigenvalue weighted by atomic mass is 10.2. The van der Waals surface area contributed by atoms with Crippen LogP contribution in [0.4, 0.5) is 0 Å². The number of piperazine rings is 1. The number of carbonyl (C=O) groups is 2. The van der Waals surface area contributed by atoms with E-state index in [1.165, 1.54) is 24.6 Å². The highest BCUT2D eigenvalue weighted by molar-refractivity contribution is 7.99. The zero-order chi connectivity index (χ0) is 19.2. The number of rotatable bonds is 6. The van der Waals surface area contributed by atoms with Crippen LogP contribution in [0.1, 0.15) is 38.9 Å². The van der Waals surface area contributed by atoms with Gasteiger partial charge in [0.05, 0.1) is 12.3 Å². The molecule has 0 saturated carbocycles. The van der Waals surface area contributed by atoms with Crippen molar-refractivity contribution in [3.8, 4) is 0 Å². The highest BCUT2D eigenvalue weighted by Crippen LogP contribution is 2.22. The molecule has 150 valence electrons. The first kappa shape index (κ1) is 20.1. The van der Waals surface area contributed by atoms with E-state index in [4.69, 9.17) is 0 Å². The summed E-state index contributed by atoms with van der Waals surface area (Å²) in [7, 11) is 0. The first-order valence-electron chi connectivity index (χ1n) is 9.87. The average molecular weight is 395 g/mol. The minimum Gasteiger partial charge on any atom is -0.353 e. The molecule has 2 aliphatic rings. The van der Waals surface area contributed by atoms with Crippen LogP contribution in [0.25, 0.3) is 0 Å². The van der Waals surface area contributed by atoms with Crippen LogP contribution in [-0.4, -0.2) is 80.9 Å². The summed E-state index contributed by atoms with van der Waals surface area (Å²) in [5, 5.41) is 12.3. The van der Waals surface area contributed by atoms with Crippen molar-refractivity contribution in [2.45, 2.75) is 57.3 Å². The maximum Gasteiger partial charge on any atom is 0.234 e. The van der Waals surface area contributed by atoms with E-state index in [-0.39, 0.29) is 17.9 Å². The largest absolute Gasteiger partial charge is 0.353 e. The maximum absolute atomic E-state index is 12.6. The molecule has 1 N–H and O–H groups in total. The summed E-state index contributed by atoms with van der Waals surface area (Å²) in [5.41, 5.74) is 0. The molecule has 9 heteroatoms. The van der Waals surface area contributed by atoms with Crippen LogP contribution in [0.3, 0.4) is 0 Å². The molecule has 27 heavy (non-hydrogen) atoms. The van der Waals surface area contributed by atoms with Gasteiger partial charge in [-0.05, 0) is 26.7 Å². The van der Waals surface area contributed by atoms with Crippen LogP contribution in [0, 0.1) is 0 Å². The molecule has 0 spiro atoms. The van der Waals surface area contributed by atoms with Crippen LogP contribution in [0.5, 0.6) is 0 Å². The summed E-state index contributed by atoms with van der Waals surface area (Å²) in [6.07, 6.45) is 4.53. The molecule has 2 aliphatic heterocycles. The Bertz CT molecular complexity index is 654. The first-order valence-corrected chi connectivity index (χ1v) is 10.9. The number of hydrogen-bond donors (Lipinski definition) is 1. The number of aromatic nitrogens is 3. The molecule has 0 unspecified atom stereocenters. The fourth-order valence-electron chi connectivity index (χ4n) is 3.51. The predicted molar refractivity (Wildman–Crippen MR) is 105 cm³/mol. The van der Waals surface area contributed by atoms with Gasteiger partial charge in [0, 0.05) is 45.2 Å². The summed E-state index contributed by atoms with van der Waals surface area (Å²) in [6, 6.07) is 0.157. The van der Waals surface area contributed by atoms with Crippen molar-refractivity contribution in [3.63, 3.8) is 0 Å². The van der Waals surface area contributed by atoms with Crippen LogP contribution in [0.15, 0.2) is 5.16 Å². The lowest BCUT2D eigenvalue weighted by molar-refractivity contribution is -0.130. The third kappa shape index (κ3) is 5.68. The summed E-state index contributed by atoms with van der Waals surface area (Å²) >= 11 is 1.49.